The first kappa shape index (κ1) is 17.4. The van der Waals surface area contributed by atoms with E-state index in [0.717, 1.165) is 32.0 Å². The van der Waals surface area contributed by atoms with Crippen LogP contribution in [0.5, 0.6) is 0 Å². The first-order chi connectivity index (χ1) is 12.5. The second kappa shape index (κ2) is 6.95. The van der Waals surface area contributed by atoms with Gasteiger partial charge in [-0.25, -0.2) is 9.97 Å². The van der Waals surface area contributed by atoms with Gasteiger partial charge in [0.05, 0.1) is 11.4 Å². The molecule has 0 unspecified atom stereocenters. The van der Waals surface area contributed by atoms with E-state index in [4.69, 9.17) is 21.6 Å². The molecular formula is C21H17ClN2S2. The second-order valence-electron chi connectivity index (χ2n) is 6.29. The summed E-state index contributed by atoms with van der Waals surface area (Å²) in [5.74, 6) is 0. The van der Waals surface area contributed by atoms with Crippen LogP contribution in [-0.4, -0.2) is 9.97 Å². The van der Waals surface area contributed by atoms with Crippen LogP contribution in [0.4, 0.5) is 0 Å². The standard InChI is InChI=1S/C21H17ClN2S2/c1-12-4-9-17(13(2)10-12)18-11-25-20(23-18)21-24-19(14(3)26-21)15-5-7-16(22)8-6-15/h4-11H,1-3H3. The third kappa shape index (κ3) is 3.32. The lowest BCUT2D eigenvalue weighted by Crippen LogP contribution is -1.85. The molecule has 26 heavy (non-hydrogen) atoms. The monoisotopic (exact) mass is 396 g/mol. The van der Waals surface area contributed by atoms with Crippen molar-refractivity contribution in [2.75, 3.05) is 0 Å². The quantitative estimate of drug-likeness (QED) is 0.366. The topological polar surface area (TPSA) is 25.8 Å². The summed E-state index contributed by atoms with van der Waals surface area (Å²) in [6, 6.07) is 14.3. The molecule has 0 saturated carbocycles. The number of hydrogen-bond donors (Lipinski definition) is 0. The van der Waals surface area contributed by atoms with E-state index in [-0.39, 0.29) is 0 Å². The van der Waals surface area contributed by atoms with Crippen molar-refractivity contribution in [3.05, 3.63) is 68.9 Å². The van der Waals surface area contributed by atoms with E-state index in [1.165, 1.54) is 21.6 Å². The molecule has 0 atom stereocenters. The van der Waals surface area contributed by atoms with Gasteiger partial charge in [0.2, 0.25) is 0 Å². The predicted octanol–water partition coefficient (Wildman–Crippen LogP) is 7.18. The van der Waals surface area contributed by atoms with Crippen LogP contribution in [0.1, 0.15) is 16.0 Å². The van der Waals surface area contributed by atoms with E-state index in [9.17, 15) is 0 Å². The van der Waals surface area contributed by atoms with Gasteiger partial charge in [-0.1, -0.05) is 47.5 Å². The number of thiazole rings is 2. The number of halogens is 1. The molecular weight excluding hydrogens is 380 g/mol. The molecule has 0 saturated heterocycles. The molecule has 4 aromatic rings. The maximum Gasteiger partial charge on any atom is 0.153 e. The fourth-order valence-electron chi connectivity index (χ4n) is 2.96. The smallest absolute Gasteiger partial charge is 0.153 e. The van der Waals surface area contributed by atoms with E-state index in [1.54, 1.807) is 22.7 Å². The van der Waals surface area contributed by atoms with Gasteiger partial charge >= 0.3 is 0 Å². The van der Waals surface area contributed by atoms with E-state index >= 15 is 0 Å². The normalized spacial score (nSPS) is 11.1. The Morgan fingerprint density at radius 3 is 2.38 bits per heavy atom. The zero-order chi connectivity index (χ0) is 18.3. The van der Waals surface area contributed by atoms with Crippen LogP contribution in [0, 0.1) is 20.8 Å². The van der Waals surface area contributed by atoms with Crippen LogP contribution in [0.15, 0.2) is 47.8 Å². The lowest BCUT2D eigenvalue weighted by molar-refractivity contribution is 1.32. The Labute approximate surface area is 166 Å². The Balaban J connectivity index is 1.70. The van der Waals surface area contributed by atoms with Crippen molar-refractivity contribution < 1.29 is 0 Å². The molecule has 130 valence electrons. The average Bonchev–Trinajstić information content (AvgIpc) is 3.23. The summed E-state index contributed by atoms with van der Waals surface area (Å²) < 4.78 is 0. The Bertz CT molecular complexity index is 1080. The lowest BCUT2D eigenvalue weighted by Gasteiger charge is -2.03. The Morgan fingerprint density at radius 1 is 0.885 bits per heavy atom. The minimum atomic E-state index is 0.736. The zero-order valence-corrected chi connectivity index (χ0v) is 17.1. The Kier molecular flexibility index (Phi) is 4.65. The van der Waals surface area contributed by atoms with Crippen LogP contribution in [0.3, 0.4) is 0 Å². The van der Waals surface area contributed by atoms with Gasteiger partial charge in [0.15, 0.2) is 10.0 Å². The molecule has 0 N–H and O–H groups in total. The van der Waals surface area contributed by atoms with Gasteiger partial charge < -0.3 is 0 Å². The number of hydrogen-bond acceptors (Lipinski definition) is 4. The molecule has 0 aliphatic heterocycles. The maximum absolute atomic E-state index is 6.00. The highest BCUT2D eigenvalue weighted by Gasteiger charge is 2.15. The minimum Gasteiger partial charge on any atom is -0.233 e. The summed E-state index contributed by atoms with van der Waals surface area (Å²) in [5.41, 5.74) is 6.81. The summed E-state index contributed by atoms with van der Waals surface area (Å²) in [7, 11) is 0. The fourth-order valence-corrected chi connectivity index (χ4v) is 4.88. The summed E-state index contributed by atoms with van der Waals surface area (Å²) in [5, 5.41) is 4.78. The molecule has 4 rings (SSSR count). The van der Waals surface area contributed by atoms with Crippen molar-refractivity contribution in [2.45, 2.75) is 20.8 Å². The summed E-state index contributed by atoms with van der Waals surface area (Å²) >= 11 is 9.33. The summed E-state index contributed by atoms with van der Waals surface area (Å²) in [4.78, 5) is 10.9. The van der Waals surface area contributed by atoms with Crippen LogP contribution < -0.4 is 0 Å². The molecule has 2 nitrogen and oxygen atoms in total. The van der Waals surface area contributed by atoms with Crippen molar-refractivity contribution in [2.24, 2.45) is 0 Å². The highest BCUT2D eigenvalue weighted by molar-refractivity contribution is 7.21. The molecule has 0 radical (unpaired) electrons. The SMILES string of the molecule is Cc1ccc(-c2csc(-c3nc(-c4ccc(Cl)cc4)c(C)s3)n2)c(C)c1. The highest BCUT2D eigenvalue weighted by Crippen LogP contribution is 2.37. The van der Waals surface area contributed by atoms with E-state index in [0.29, 0.717) is 0 Å². The van der Waals surface area contributed by atoms with Gasteiger partial charge in [0.25, 0.3) is 0 Å². The largest absolute Gasteiger partial charge is 0.233 e. The first-order valence-corrected chi connectivity index (χ1v) is 10.4. The van der Waals surface area contributed by atoms with Crippen molar-refractivity contribution in [1.29, 1.82) is 0 Å². The first-order valence-electron chi connectivity index (χ1n) is 8.28. The zero-order valence-electron chi connectivity index (χ0n) is 14.7. The summed E-state index contributed by atoms with van der Waals surface area (Å²) in [6.07, 6.45) is 0. The number of rotatable bonds is 3. The van der Waals surface area contributed by atoms with Crippen molar-refractivity contribution >= 4 is 34.3 Å². The average molecular weight is 397 g/mol. The van der Waals surface area contributed by atoms with E-state index in [1.807, 2.05) is 24.3 Å². The Morgan fingerprint density at radius 2 is 1.65 bits per heavy atom. The van der Waals surface area contributed by atoms with Gasteiger partial charge in [-0.3, -0.25) is 0 Å². The van der Waals surface area contributed by atoms with Crippen molar-refractivity contribution in [3.63, 3.8) is 0 Å². The van der Waals surface area contributed by atoms with Crippen molar-refractivity contribution in [1.82, 2.24) is 9.97 Å². The molecule has 2 heterocycles. The molecule has 0 spiro atoms. The van der Waals surface area contributed by atoms with E-state index in [2.05, 4.69) is 44.4 Å². The van der Waals surface area contributed by atoms with Gasteiger partial charge in [-0.2, -0.15) is 0 Å². The number of aromatic nitrogens is 2. The molecule has 5 heteroatoms. The van der Waals surface area contributed by atoms with Crippen LogP contribution in [-0.2, 0) is 0 Å². The number of benzene rings is 2. The molecule has 0 fully saturated rings. The highest BCUT2D eigenvalue weighted by atomic mass is 35.5. The molecule has 0 aliphatic rings. The number of aryl methyl sites for hydroxylation is 3. The maximum atomic E-state index is 6.00. The van der Waals surface area contributed by atoms with Gasteiger partial charge in [-0.15, -0.1) is 22.7 Å². The molecule has 2 aromatic heterocycles. The molecule has 0 bridgehead atoms. The van der Waals surface area contributed by atoms with Crippen LogP contribution in [0.2, 0.25) is 5.02 Å². The van der Waals surface area contributed by atoms with Gasteiger partial charge in [0, 0.05) is 26.4 Å². The third-order valence-corrected chi connectivity index (χ3v) is 6.47. The van der Waals surface area contributed by atoms with Gasteiger partial charge in [0.1, 0.15) is 0 Å². The predicted molar refractivity (Wildman–Crippen MR) is 113 cm³/mol. The number of nitrogens with zero attached hydrogens (tertiary/aromatic N) is 2. The molecule has 2 aromatic carbocycles. The minimum absolute atomic E-state index is 0.736. The van der Waals surface area contributed by atoms with Crippen molar-refractivity contribution in [3.8, 4) is 32.5 Å². The van der Waals surface area contributed by atoms with E-state index < -0.39 is 0 Å². The third-order valence-electron chi connectivity index (χ3n) is 4.26. The van der Waals surface area contributed by atoms with Gasteiger partial charge in [-0.05, 0) is 38.5 Å². The summed E-state index contributed by atoms with van der Waals surface area (Å²) in [6.45, 7) is 6.34. The van der Waals surface area contributed by atoms with Crippen LogP contribution >= 0.6 is 34.3 Å². The second-order valence-corrected chi connectivity index (χ2v) is 8.78. The lowest BCUT2D eigenvalue weighted by atomic mass is 10.0. The Hall–Kier alpha value is -2.01. The molecule has 0 amide bonds. The fraction of sp³-hybridized carbons (Fsp3) is 0.143. The van der Waals surface area contributed by atoms with Crippen LogP contribution in [0.25, 0.3) is 32.5 Å². The molecule has 0 aliphatic carbocycles.